The minimum Gasteiger partial charge on any atom is -0.348 e. The molecule has 8 nitrogen and oxygen atoms in total. The second-order valence-electron chi connectivity index (χ2n) is 6.27. The lowest BCUT2D eigenvalue weighted by Crippen LogP contribution is -2.58. The Morgan fingerprint density at radius 3 is 2.62 bits per heavy atom. The van der Waals surface area contributed by atoms with E-state index in [9.17, 15) is 9.59 Å². The van der Waals surface area contributed by atoms with Crippen LogP contribution in [0.2, 0.25) is 0 Å². The van der Waals surface area contributed by atoms with Gasteiger partial charge in [-0.3, -0.25) is 14.2 Å². The van der Waals surface area contributed by atoms with Gasteiger partial charge in [0.15, 0.2) is 0 Å². The molecule has 0 bridgehead atoms. The molecule has 1 N–H and O–H groups in total. The first-order chi connectivity index (χ1) is 11.7. The average Bonchev–Trinajstić information content (AvgIpc) is 3.38. The summed E-state index contributed by atoms with van der Waals surface area (Å²) in [5.41, 5.74) is 0.688. The Kier molecular flexibility index (Phi) is 3.72. The van der Waals surface area contributed by atoms with Gasteiger partial charge in [-0.05, 0) is 18.9 Å². The summed E-state index contributed by atoms with van der Waals surface area (Å²) in [6.07, 6.45) is 7.02. The van der Waals surface area contributed by atoms with E-state index in [0.29, 0.717) is 25.0 Å². The molecule has 8 heteroatoms. The van der Waals surface area contributed by atoms with Crippen molar-refractivity contribution in [2.45, 2.75) is 31.3 Å². The number of nitrogens with zero attached hydrogens (tertiary/aromatic N) is 5. The normalized spacial score (nSPS) is 17.4. The van der Waals surface area contributed by atoms with Crippen LogP contribution in [-0.2, 0) is 11.3 Å². The molecule has 0 spiro atoms. The minimum atomic E-state index is -0.159. The highest BCUT2D eigenvalue weighted by Gasteiger charge is 2.31. The molecule has 0 radical (unpaired) electrons. The summed E-state index contributed by atoms with van der Waals surface area (Å²) in [7, 11) is 0. The predicted molar refractivity (Wildman–Crippen MR) is 86.5 cm³/mol. The van der Waals surface area contributed by atoms with Crippen LogP contribution in [0.4, 0.5) is 5.95 Å². The summed E-state index contributed by atoms with van der Waals surface area (Å²) in [6, 6.07) is 3.45. The number of likely N-dealkylation sites (tertiary alicyclic amines) is 1. The van der Waals surface area contributed by atoms with E-state index in [0.717, 1.165) is 18.5 Å². The van der Waals surface area contributed by atoms with Crippen LogP contribution in [0, 0.1) is 0 Å². The fourth-order valence-electron chi connectivity index (χ4n) is 2.74. The summed E-state index contributed by atoms with van der Waals surface area (Å²) < 4.78 is 1.37. The van der Waals surface area contributed by atoms with Crippen LogP contribution in [0.5, 0.6) is 0 Å². The molecule has 0 atom stereocenters. The first kappa shape index (κ1) is 14.8. The standard InChI is InChI=1S/C16H18N6O2/c23-14-6-13(11-2-3-11)19-10-22(14)9-15(24)21-7-12(8-21)20-16-17-4-1-5-18-16/h1,4-6,10-12H,2-3,7-9H2,(H,17,18,20). The number of nitrogens with one attached hydrogen (secondary N) is 1. The second kappa shape index (κ2) is 6.03. The fourth-order valence-corrected chi connectivity index (χ4v) is 2.74. The van der Waals surface area contributed by atoms with E-state index < -0.39 is 0 Å². The van der Waals surface area contributed by atoms with Gasteiger partial charge in [0.25, 0.3) is 5.56 Å². The van der Waals surface area contributed by atoms with Crippen molar-refractivity contribution in [3.05, 3.63) is 46.9 Å². The Hall–Kier alpha value is -2.77. The predicted octanol–water partition coefficient (Wildman–Crippen LogP) is 0.234. The summed E-state index contributed by atoms with van der Waals surface area (Å²) in [6.45, 7) is 1.20. The largest absolute Gasteiger partial charge is 0.348 e. The summed E-state index contributed by atoms with van der Waals surface area (Å²) in [5, 5.41) is 3.17. The molecule has 24 heavy (non-hydrogen) atoms. The molecule has 1 amide bonds. The Labute approximate surface area is 138 Å². The van der Waals surface area contributed by atoms with E-state index >= 15 is 0 Å². The van der Waals surface area contributed by atoms with Crippen molar-refractivity contribution in [2.75, 3.05) is 18.4 Å². The third-order valence-electron chi connectivity index (χ3n) is 4.34. The SMILES string of the molecule is O=C(Cn1cnc(C2CC2)cc1=O)N1CC(Nc2ncccn2)C1. The van der Waals surface area contributed by atoms with Crippen molar-refractivity contribution in [3.8, 4) is 0 Å². The zero-order valence-corrected chi connectivity index (χ0v) is 13.1. The third kappa shape index (κ3) is 3.12. The number of aromatic nitrogens is 4. The number of rotatable bonds is 5. The highest BCUT2D eigenvalue weighted by molar-refractivity contribution is 5.77. The average molecular weight is 326 g/mol. The van der Waals surface area contributed by atoms with Crippen molar-refractivity contribution in [1.82, 2.24) is 24.4 Å². The molecule has 1 saturated heterocycles. The lowest BCUT2D eigenvalue weighted by atomic mass is 10.1. The number of anilines is 1. The van der Waals surface area contributed by atoms with E-state index in [-0.39, 0.29) is 24.1 Å². The minimum absolute atomic E-state index is 0.0331. The highest BCUT2D eigenvalue weighted by atomic mass is 16.2. The second-order valence-corrected chi connectivity index (χ2v) is 6.27. The molecule has 3 heterocycles. The molecule has 2 aliphatic rings. The van der Waals surface area contributed by atoms with E-state index in [1.165, 1.54) is 10.9 Å². The summed E-state index contributed by atoms with van der Waals surface area (Å²) >= 11 is 0. The zero-order chi connectivity index (χ0) is 16.5. The van der Waals surface area contributed by atoms with Gasteiger partial charge in [0, 0.05) is 37.5 Å². The Morgan fingerprint density at radius 1 is 1.21 bits per heavy atom. The van der Waals surface area contributed by atoms with Crippen LogP contribution in [0.25, 0.3) is 0 Å². The maximum absolute atomic E-state index is 12.3. The molecule has 0 unspecified atom stereocenters. The first-order valence-electron chi connectivity index (χ1n) is 8.07. The van der Waals surface area contributed by atoms with Gasteiger partial charge in [-0.2, -0.15) is 0 Å². The third-order valence-corrected chi connectivity index (χ3v) is 4.34. The summed E-state index contributed by atoms with van der Waals surface area (Å²) in [5.74, 6) is 0.918. The maximum atomic E-state index is 12.3. The van der Waals surface area contributed by atoms with Gasteiger partial charge in [-0.1, -0.05) is 0 Å². The first-order valence-corrected chi connectivity index (χ1v) is 8.07. The molecule has 1 aliphatic heterocycles. The number of amides is 1. The van der Waals surface area contributed by atoms with Gasteiger partial charge in [0.2, 0.25) is 11.9 Å². The van der Waals surface area contributed by atoms with Gasteiger partial charge in [-0.15, -0.1) is 0 Å². The monoisotopic (exact) mass is 326 g/mol. The molecule has 124 valence electrons. The van der Waals surface area contributed by atoms with Crippen molar-refractivity contribution in [1.29, 1.82) is 0 Å². The maximum Gasteiger partial charge on any atom is 0.254 e. The highest BCUT2D eigenvalue weighted by Crippen LogP contribution is 2.38. The Balaban J connectivity index is 1.31. The number of hydrogen-bond donors (Lipinski definition) is 1. The molecule has 2 aromatic rings. The van der Waals surface area contributed by atoms with E-state index in [1.807, 2.05) is 0 Å². The zero-order valence-electron chi connectivity index (χ0n) is 13.1. The fraction of sp³-hybridized carbons (Fsp3) is 0.438. The molecule has 1 aliphatic carbocycles. The topological polar surface area (TPSA) is 93.0 Å². The summed E-state index contributed by atoms with van der Waals surface area (Å²) in [4.78, 5) is 38.5. The van der Waals surface area contributed by atoms with Gasteiger partial charge in [-0.25, -0.2) is 15.0 Å². The number of carbonyl (C=O) groups excluding carboxylic acids is 1. The van der Waals surface area contributed by atoms with E-state index in [1.54, 1.807) is 29.4 Å². The van der Waals surface area contributed by atoms with Crippen LogP contribution in [0.3, 0.4) is 0 Å². The van der Waals surface area contributed by atoms with Crippen LogP contribution in [0.1, 0.15) is 24.5 Å². The smallest absolute Gasteiger partial charge is 0.254 e. The Morgan fingerprint density at radius 2 is 1.96 bits per heavy atom. The van der Waals surface area contributed by atoms with Gasteiger partial charge in [0.1, 0.15) is 6.54 Å². The van der Waals surface area contributed by atoms with Crippen LogP contribution < -0.4 is 10.9 Å². The van der Waals surface area contributed by atoms with Crippen LogP contribution in [0.15, 0.2) is 35.6 Å². The van der Waals surface area contributed by atoms with Gasteiger partial charge >= 0.3 is 0 Å². The van der Waals surface area contributed by atoms with Gasteiger partial charge < -0.3 is 10.2 Å². The lowest BCUT2D eigenvalue weighted by molar-refractivity contribution is -0.135. The van der Waals surface area contributed by atoms with Crippen molar-refractivity contribution in [3.63, 3.8) is 0 Å². The Bertz CT molecular complexity index is 796. The molecular formula is C16H18N6O2. The quantitative estimate of drug-likeness (QED) is 0.846. The van der Waals surface area contributed by atoms with Gasteiger partial charge in [0.05, 0.1) is 18.1 Å². The van der Waals surface area contributed by atoms with Crippen LogP contribution >= 0.6 is 0 Å². The van der Waals surface area contributed by atoms with E-state index in [4.69, 9.17) is 0 Å². The molecule has 2 fully saturated rings. The van der Waals surface area contributed by atoms with Crippen molar-refractivity contribution in [2.24, 2.45) is 0 Å². The van der Waals surface area contributed by atoms with Crippen molar-refractivity contribution < 1.29 is 4.79 Å². The molecule has 0 aromatic carbocycles. The molecule has 4 rings (SSSR count). The van der Waals surface area contributed by atoms with Crippen molar-refractivity contribution >= 4 is 11.9 Å². The number of hydrogen-bond acceptors (Lipinski definition) is 6. The van der Waals surface area contributed by atoms with E-state index in [2.05, 4.69) is 20.3 Å². The molecule has 1 saturated carbocycles. The molecule has 2 aromatic heterocycles. The van der Waals surface area contributed by atoms with Crippen LogP contribution in [-0.4, -0.2) is 49.5 Å². The lowest BCUT2D eigenvalue weighted by Gasteiger charge is -2.39. The number of carbonyl (C=O) groups is 1. The molecular weight excluding hydrogens is 308 g/mol.